The van der Waals surface area contributed by atoms with Gasteiger partial charge in [-0.25, -0.2) is 0 Å². The van der Waals surface area contributed by atoms with E-state index in [-0.39, 0.29) is 11.8 Å². The lowest BCUT2D eigenvalue weighted by Gasteiger charge is -2.28. The Balaban J connectivity index is 2.03. The highest BCUT2D eigenvalue weighted by Crippen LogP contribution is 2.25. The molecule has 5 nitrogen and oxygen atoms in total. The molecular weight excluding hydrogens is 350 g/mol. The van der Waals surface area contributed by atoms with Crippen molar-refractivity contribution in [1.29, 1.82) is 0 Å². The quantitative estimate of drug-likeness (QED) is 0.785. The summed E-state index contributed by atoms with van der Waals surface area (Å²) in [6, 6.07) is 9.10. The van der Waals surface area contributed by atoms with Gasteiger partial charge >= 0.3 is 0 Å². The van der Waals surface area contributed by atoms with Crippen LogP contribution in [0.1, 0.15) is 25.0 Å². The van der Waals surface area contributed by atoms with Gasteiger partial charge in [0, 0.05) is 36.7 Å². The molecule has 1 heterocycles. The summed E-state index contributed by atoms with van der Waals surface area (Å²) in [5, 5.41) is 3.35. The summed E-state index contributed by atoms with van der Waals surface area (Å²) >= 11 is 6.00. The smallest absolute Gasteiger partial charge is 0.239 e. The molecule has 0 aliphatic heterocycles. The van der Waals surface area contributed by atoms with Crippen LogP contribution in [-0.2, 0) is 16.0 Å². The lowest BCUT2D eigenvalue weighted by molar-refractivity contribution is -0.145. The summed E-state index contributed by atoms with van der Waals surface area (Å²) in [4.78, 5) is 31.1. The molecule has 2 aromatic rings. The van der Waals surface area contributed by atoms with E-state index in [2.05, 4.69) is 10.3 Å². The third-order valence-electron chi connectivity index (χ3n) is 4.38. The number of halogens is 1. The van der Waals surface area contributed by atoms with E-state index in [1.54, 1.807) is 50.3 Å². The molecule has 0 aliphatic rings. The highest BCUT2D eigenvalue weighted by Gasteiger charge is 2.38. The Kier molecular flexibility index (Phi) is 6.37. The number of aryl methyl sites for hydroxylation is 1. The summed E-state index contributed by atoms with van der Waals surface area (Å²) in [6.07, 6.45) is 4.15. The third kappa shape index (κ3) is 4.82. The Hall–Kier alpha value is -2.40. The van der Waals surface area contributed by atoms with Crippen molar-refractivity contribution >= 4 is 29.1 Å². The number of benzene rings is 1. The molecule has 0 saturated carbocycles. The Labute approximate surface area is 159 Å². The van der Waals surface area contributed by atoms with Gasteiger partial charge in [0.1, 0.15) is 5.41 Å². The van der Waals surface area contributed by atoms with Crippen LogP contribution < -0.4 is 5.32 Å². The standard InChI is InChI=1S/C20H24ClN3O2/c1-14-5-6-16(21)13-17(14)23-18(25)20(2,3)19(26)24(4)12-9-15-7-10-22-11-8-15/h5-8,10-11,13H,9,12H2,1-4H3,(H,23,25). The highest BCUT2D eigenvalue weighted by molar-refractivity contribution is 6.31. The average molecular weight is 374 g/mol. The molecular formula is C20H24ClN3O2. The number of amides is 2. The number of rotatable bonds is 6. The van der Waals surface area contributed by atoms with Gasteiger partial charge in [-0.05, 0) is 62.6 Å². The first-order valence-corrected chi connectivity index (χ1v) is 8.81. The summed E-state index contributed by atoms with van der Waals surface area (Å²) in [5.74, 6) is -0.590. The van der Waals surface area contributed by atoms with Crippen molar-refractivity contribution in [3.8, 4) is 0 Å². The van der Waals surface area contributed by atoms with Crippen molar-refractivity contribution < 1.29 is 9.59 Å². The molecule has 0 atom stereocenters. The second-order valence-corrected chi connectivity index (χ2v) is 7.31. The SMILES string of the molecule is Cc1ccc(Cl)cc1NC(=O)C(C)(C)C(=O)N(C)CCc1ccncc1. The molecule has 138 valence electrons. The highest BCUT2D eigenvalue weighted by atomic mass is 35.5. The zero-order valence-electron chi connectivity index (χ0n) is 15.5. The van der Waals surface area contributed by atoms with E-state index in [1.165, 1.54) is 0 Å². The number of carbonyl (C=O) groups is 2. The van der Waals surface area contributed by atoms with Crippen LogP contribution >= 0.6 is 11.6 Å². The van der Waals surface area contributed by atoms with E-state index < -0.39 is 5.41 Å². The minimum absolute atomic E-state index is 0.233. The van der Waals surface area contributed by atoms with Crippen LogP contribution in [0.15, 0.2) is 42.7 Å². The third-order valence-corrected chi connectivity index (χ3v) is 4.62. The number of hydrogen-bond donors (Lipinski definition) is 1. The Bertz CT molecular complexity index is 791. The fourth-order valence-electron chi connectivity index (χ4n) is 2.53. The van der Waals surface area contributed by atoms with Crippen molar-refractivity contribution in [2.24, 2.45) is 5.41 Å². The van der Waals surface area contributed by atoms with E-state index in [0.29, 0.717) is 23.7 Å². The molecule has 0 aliphatic carbocycles. The number of likely N-dealkylation sites (N-methyl/N-ethyl adjacent to an activating group) is 1. The first kappa shape index (κ1) is 19.9. The summed E-state index contributed by atoms with van der Waals surface area (Å²) in [6.45, 7) is 5.67. The summed E-state index contributed by atoms with van der Waals surface area (Å²) in [7, 11) is 1.71. The minimum atomic E-state index is -1.19. The Morgan fingerprint density at radius 2 is 1.85 bits per heavy atom. The number of carbonyl (C=O) groups excluding carboxylic acids is 2. The van der Waals surface area contributed by atoms with Crippen molar-refractivity contribution in [2.75, 3.05) is 18.9 Å². The predicted molar refractivity (Wildman–Crippen MR) is 104 cm³/mol. The van der Waals surface area contributed by atoms with Gasteiger partial charge in [0.15, 0.2) is 0 Å². The van der Waals surface area contributed by atoms with Crippen LogP contribution in [0.3, 0.4) is 0 Å². The molecule has 0 saturated heterocycles. The fourth-order valence-corrected chi connectivity index (χ4v) is 2.70. The van der Waals surface area contributed by atoms with E-state index in [1.807, 2.05) is 25.1 Å². The maximum Gasteiger partial charge on any atom is 0.239 e. The van der Waals surface area contributed by atoms with Gasteiger partial charge in [0.2, 0.25) is 11.8 Å². The molecule has 0 spiro atoms. The Morgan fingerprint density at radius 1 is 1.19 bits per heavy atom. The number of nitrogens with zero attached hydrogens (tertiary/aromatic N) is 2. The average Bonchev–Trinajstić information content (AvgIpc) is 2.62. The van der Waals surface area contributed by atoms with E-state index in [0.717, 1.165) is 11.1 Å². The van der Waals surface area contributed by atoms with Crippen LogP contribution in [0.4, 0.5) is 5.69 Å². The predicted octanol–water partition coefficient (Wildman–Crippen LogP) is 3.71. The molecule has 1 aromatic carbocycles. The Morgan fingerprint density at radius 3 is 2.50 bits per heavy atom. The molecule has 0 unspecified atom stereocenters. The van der Waals surface area contributed by atoms with Gasteiger partial charge in [0.25, 0.3) is 0 Å². The topological polar surface area (TPSA) is 62.3 Å². The first-order valence-electron chi connectivity index (χ1n) is 8.44. The van der Waals surface area contributed by atoms with Gasteiger partial charge in [-0.1, -0.05) is 17.7 Å². The van der Waals surface area contributed by atoms with E-state index in [4.69, 9.17) is 11.6 Å². The molecule has 1 aromatic heterocycles. The second kappa shape index (κ2) is 8.32. The molecule has 26 heavy (non-hydrogen) atoms. The van der Waals surface area contributed by atoms with Crippen LogP contribution in [0.5, 0.6) is 0 Å². The number of pyridine rings is 1. The van der Waals surface area contributed by atoms with Gasteiger partial charge in [0.05, 0.1) is 0 Å². The lowest BCUT2D eigenvalue weighted by atomic mass is 9.90. The van der Waals surface area contributed by atoms with Crippen molar-refractivity contribution in [1.82, 2.24) is 9.88 Å². The van der Waals surface area contributed by atoms with Crippen LogP contribution in [0.25, 0.3) is 0 Å². The molecule has 0 fully saturated rings. The monoisotopic (exact) mass is 373 g/mol. The number of aromatic nitrogens is 1. The van der Waals surface area contributed by atoms with Gasteiger partial charge < -0.3 is 10.2 Å². The second-order valence-electron chi connectivity index (χ2n) is 6.87. The molecule has 2 amide bonds. The molecule has 6 heteroatoms. The number of anilines is 1. The summed E-state index contributed by atoms with van der Waals surface area (Å²) in [5.41, 5.74) is 1.40. The molecule has 2 rings (SSSR count). The van der Waals surface area contributed by atoms with Crippen LogP contribution in [-0.4, -0.2) is 35.3 Å². The van der Waals surface area contributed by atoms with Crippen molar-refractivity contribution in [3.05, 3.63) is 58.9 Å². The maximum atomic E-state index is 12.8. The number of nitrogens with one attached hydrogen (secondary N) is 1. The first-order chi connectivity index (χ1) is 12.2. The molecule has 0 radical (unpaired) electrons. The zero-order valence-corrected chi connectivity index (χ0v) is 16.3. The largest absolute Gasteiger partial charge is 0.345 e. The molecule has 0 bridgehead atoms. The van der Waals surface area contributed by atoms with Crippen molar-refractivity contribution in [2.45, 2.75) is 27.2 Å². The van der Waals surface area contributed by atoms with Gasteiger partial charge in [-0.3, -0.25) is 14.6 Å². The van der Waals surface area contributed by atoms with E-state index in [9.17, 15) is 9.59 Å². The fraction of sp³-hybridized carbons (Fsp3) is 0.350. The lowest BCUT2D eigenvalue weighted by Crippen LogP contribution is -2.46. The zero-order chi connectivity index (χ0) is 19.3. The summed E-state index contributed by atoms with van der Waals surface area (Å²) < 4.78 is 0. The molecule has 1 N–H and O–H groups in total. The normalized spacial score (nSPS) is 11.1. The van der Waals surface area contributed by atoms with Gasteiger partial charge in [-0.2, -0.15) is 0 Å². The minimum Gasteiger partial charge on any atom is -0.345 e. The van der Waals surface area contributed by atoms with Crippen molar-refractivity contribution in [3.63, 3.8) is 0 Å². The maximum absolute atomic E-state index is 12.8. The van der Waals surface area contributed by atoms with Gasteiger partial charge in [-0.15, -0.1) is 0 Å². The van der Waals surface area contributed by atoms with Crippen LogP contribution in [0.2, 0.25) is 5.02 Å². The van der Waals surface area contributed by atoms with Crippen LogP contribution in [0, 0.1) is 12.3 Å². The number of hydrogen-bond acceptors (Lipinski definition) is 3. The van der Waals surface area contributed by atoms with E-state index >= 15 is 0 Å².